The fraction of sp³-hybridized carbons (Fsp3) is 0.100. The number of nitrogens with one attached hydrogen (secondary N) is 2. The molecule has 0 aromatic carbocycles. The zero-order valence-corrected chi connectivity index (χ0v) is 8.69. The molecule has 0 saturated carbocycles. The summed E-state index contributed by atoms with van der Waals surface area (Å²) >= 11 is 0. The molecule has 6 heteroatoms. The normalized spacial score (nSPS) is 10.1. The topological polar surface area (TPSA) is 96.7 Å². The molecule has 0 aliphatic heterocycles. The van der Waals surface area contributed by atoms with Crippen LogP contribution in [0.4, 0.5) is 17.3 Å². The minimum atomic E-state index is -0.369. The maximum Gasteiger partial charge on any atom is 0.276 e. The van der Waals surface area contributed by atoms with Crippen LogP contribution in [-0.2, 0) is 0 Å². The second-order valence-corrected chi connectivity index (χ2v) is 3.29. The first-order chi connectivity index (χ1) is 7.68. The van der Waals surface area contributed by atoms with Gasteiger partial charge in [-0.05, 0) is 18.6 Å². The summed E-state index contributed by atoms with van der Waals surface area (Å²) in [6, 6.07) is 3.73. The van der Waals surface area contributed by atoms with Gasteiger partial charge in [-0.3, -0.25) is 4.79 Å². The first-order valence-electron chi connectivity index (χ1n) is 4.70. The molecule has 82 valence electrons. The molecule has 0 saturated heterocycles. The molecule has 2 aromatic rings. The third-order valence-corrected chi connectivity index (χ3v) is 2.14. The third kappa shape index (κ3) is 1.85. The molecular weight excluding hydrogens is 206 g/mol. The Morgan fingerprint density at radius 2 is 2.19 bits per heavy atom. The van der Waals surface area contributed by atoms with Crippen molar-refractivity contribution in [3.8, 4) is 0 Å². The Hall–Kier alpha value is -2.37. The van der Waals surface area contributed by atoms with Crippen LogP contribution >= 0.6 is 0 Å². The molecule has 0 unspecified atom stereocenters. The fourth-order valence-corrected chi connectivity index (χ4v) is 1.24. The second kappa shape index (κ2) is 4.01. The van der Waals surface area contributed by atoms with E-state index in [0.717, 1.165) is 5.56 Å². The largest absolute Gasteiger partial charge is 0.391 e. The van der Waals surface area contributed by atoms with Crippen molar-refractivity contribution in [1.29, 1.82) is 0 Å². The molecule has 0 bridgehead atoms. The number of H-pyrrole nitrogens is 1. The average Bonchev–Trinajstić information content (AvgIpc) is 2.28. The highest BCUT2D eigenvalue weighted by molar-refractivity contribution is 5.66. The molecular formula is C10H11N5O. The summed E-state index contributed by atoms with van der Waals surface area (Å²) < 4.78 is 0. The Balaban J connectivity index is 2.38. The van der Waals surface area contributed by atoms with Gasteiger partial charge in [0.1, 0.15) is 11.5 Å². The van der Waals surface area contributed by atoms with E-state index in [1.165, 1.54) is 6.33 Å². The van der Waals surface area contributed by atoms with Crippen molar-refractivity contribution in [2.75, 3.05) is 11.1 Å². The molecule has 4 N–H and O–H groups in total. The molecule has 2 rings (SSSR count). The molecule has 16 heavy (non-hydrogen) atoms. The minimum absolute atomic E-state index is 0.0487. The molecule has 6 nitrogen and oxygen atoms in total. The van der Waals surface area contributed by atoms with E-state index in [2.05, 4.69) is 20.3 Å². The number of pyridine rings is 1. The van der Waals surface area contributed by atoms with Gasteiger partial charge in [0.15, 0.2) is 5.82 Å². The number of nitrogens with two attached hydrogens (primary N) is 1. The van der Waals surface area contributed by atoms with Gasteiger partial charge in [0.2, 0.25) is 0 Å². The summed E-state index contributed by atoms with van der Waals surface area (Å²) in [6.45, 7) is 1.90. The number of nitrogen functional groups attached to an aromatic ring is 1. The van der Waals surface area contributed by atoms with Crippen LogP contribution in [0.1, 0.15) is 5.56 Å². The van der Waals surface area contributed by atoms with E-state index in [1.807, 2.05) is 19.1 Å². The van der Waals surface area contributed by atoms with Crippen molar-refractivity contribution in [2.45, 2.75) is 6.92 Å². The van der Waals surface area contributed by atoms with Gasteiger partial charge in [-0.2, -0.15) is 0 Å². The van der Waals surface area contributed by atoms with Gasteiger partial charge in [0.05, 0.1) is 6.33 Å². The molecule has 0 aliphatic carbocycles. The summed E-state index contributed by atoms with van der Waals surface area (Å²) in [4.78, 5) is 21.7. The van der Waals surface area contributed by atoms with Crippen LogP contribution in [0.2, 0.25) is 0 Å². The highest BCUT2D eigenvalue weighted by Gasteiger charge is 2.06. The summed E-state index contributed by atoms with van der Waals surface area (Å²) in [6.07, 6.45) is 2.94. The summed E-state index contributed by atoms with van der Waals surface area (Å²) in [5.74, 6) is 0.942. The summed E-state index contributed by atoms with van der Waals surface area (Å²) in [5, 5.41) is 2.91. The Kier molecular flexibility index (Phi) is 2.55. The number of nitrogens with zero attached hydrogens (tertiary/aromatic N) is 2. The van der Waals surface area contributed by atoms with Crippen molar-refractivity contribution in [3.05, 3.63) is 40.6 Å². The Morgan fingerprint density at radius 1 is 1.38 bits per heavy atom. The number of anilines is 3. The predicted octanol–water partition coefficient (Wildman–Crippen LogP) is 0.799. The van der Waals surface area contributed by atoms with E-state index >= 15 is 0 Å². The molecule has 0 amide bonds. The number of aromatic nitrogens is 3. The van der Waals surface area contributed by atoms with Crippen molar-refractivity contribution < 1.29 is 0 Å². The molecule has 0 aliphatic rings. The lowest BCUT2D eigenvalue weighted by molar-refractivity contribution is 1.12. The van der Waals surface area contributed by atoms with Gasteiger partial charge in [-0.15, -0.1) is 0 Å². The van der Waals surface area contributed by atoms with Gasteiger partial charge in [0, 0.05) is 6.20 Å². The van der Waals surface area contributed by atoms with Gasteiger partial charge >= 0.3 is 0 Å². The van der Waals surface area contributed by atoms with E-state index in [9.17, 15) is 4.79 Å². The quantitative estimate of drug-likeness (QED) is 0.691. The van der Waals surface area contributed by atoms with Crippen molar-refractivity contribution in [1.82, 2.24) is 15.0 Å². The van der Waals surface area contributed by atoms with Crippen LogP contribution < -0.4 is 16.6 Å². The first-order valence-corrected chi connectivity index (χ1v) is 4.70. The lowest BCUT2D eigenvalue weighted by atomic mass is 10.3. The molecule has 0 atom stereocenters. The number of aromatic amines is 1. The maximum atomic E-state index is 11.2. The molecule has 0 radical (unpaired) electrons. The lowest BCUT2D eigenvalue weighted by Gasteiger charge is -2.08. The van der Waals surface area contributed by atoms with E-state index in [-0.39, 0.29) is 11.2 Å². The highest BCUT2D eigenvalue weighted by atomic mass is 16.1. The molecule has 0 fully saturated rings. The minimum Gasteiger partial charge on any atom is -0.391 e. The van der Waals surface area contributed by atoms with Gasteiger partial charge < -0.3 is 16.0 Å². The van der Waals surface area contributed by atoms with Crippen LogP contribution in [0.25, 0.3) is 0 Å². The highest BCUT2D eigenvalue weighted by Crippen LogP contribution is 2.17. The van der Waals surface area contributed by atoms with Crippen molar-refractivity contribution in [2.24, 2.45) is 0 Å². The number of aryl methyl sites for hydroxylation is 1. The monoisotopic (exact) mass is 217 g/mol. The Morgan fingerprint density at radius 3 is 2.94 bits per heavy atom. The van der Waals surface area contributed by atoms with Crippen LogP contribution in [0.3, 0.4) is 0 Å². The van der Waals surface area contributed by atoms with E-state index < -0.39 is 0 Å². The molecule has 2 aromatic heterocycles. The lowest BCUT2D eigenvalue weighted by Crippen LogP contribution is -2.15. The van der Waals surface area contributed by atoms with Gasteiger partial charge in [0.25, 0.3) is 5.56 Å². The van der Waals surface area contributed by atoms with Gasteiger partial charge in [-0.25, -0.2) is 9.97 Å². The number of hydrogen-bond donors (Lipinski definition) is 3. The standard InChI is InChI=1S/C10H11N5O/c1-6-3-2-4-12-8(6)15-9-7(11)10(16)14-5-13-9/h2-5H,11H2,1H3,(H2,12,13,14,15,16). The maximum absolute atomic E-state index is 11.2. The van der Waals surface area contributed by atoms with Crippen molar-refractivity contribution >= 4 is 17.3 Å². The number of hydrogen-bond acceptors (Lipinski definition) is 5. The first kappa shape index (κ1) is 10.2. The van der Waals surface area contributed by atoms with E-state index in [1.54, 1.807) is 6.20 Å². The van der Waals surface area contributed by atoms with Crippen LogP contribution in [-0.4, -0.2) is 15.0 Å². The smallest absolute Gasteiger partial charge is 0.276 e. The predicted molar refractivity (Wildman–Crippen MR) is 61.5 cm³/mol. The zero-order valence-electron chi connectivity index (χ0n) is 8.69. The molecule has 0 spiro atoms. The number of rotatable bonds is 2. The average molecular weight is 217 g/mol. The van der Waals surface area contributed by atoms with Gasteiger partial charge in [-0.1, -0.05) is 6.07 Å². The summed E-state index contributed by atoms with van der Waals surface area (Å²) in [7, 11) is 0. The zero-order chi connectivity index (χ0) is 11.5. The fourth-order valence-electron chi connectivity index (χ4n) is 1.24. The Labute approximate surface area is 91.6 Å². The van der Waals surface area contributed by atoms with Crippen LogP contribution in [0.15, 0.2) is 29.5 Å². The SMILES string of the molecule is Cc1cccnc1Nc1nc[nH]c(=O)c1N. The molecule has 2 heterocycles. The van der Waals surface area contributed by atoms with E-state index in [0.29, 0.717) is 11.6 Å². The third-order valence-electron chi connectivity index (χ3n) is 2.14. The van der Waals surface area contributed by atoms with Crippen LogP contribution in [0.5, 0.6) is 0 Å². The van der Waals surface area contributed by atoms with E-state index in [4.69, 9.17) is 5.73 Å². The summed E-state index contributed by atoms with van der Waals surface area (Å²) in [5.41, 5.74) is 6.21. The van der Waals surface area contributed by atoms with Crippen molar-refractivity contribution in [3.63, 3.8) is 0 Å². The van der Waals surface area contributed by atoms with Crippen LogP contribution in [0, 0.1) is 6.92 Å². The Bertz CT molecular complexity index is 563. The second-order valence-electron chi connectivity index (χ2n) is 3.29.